The summed E-state index contributed by atoms with van der Waals surface area (Å²) in [5.74, 6) is -0.104. The molecule has 1 saturated heterocycles. The van der Waals surface area contributed by atoms with E-state index in [9.17, 15) is 13.2 Å². The SMILES string of the molecule is Cc1ccc(/C=C/C(=O)N2CCN(S(=O)(=O)c3c(C)nn(C(C)C)c3C)CC2)cc1. The lowest BCUT2D eigenvalue weighted by atomic mass is 10.1. The molecule has 1 amide bonds. The quantitative estimate of drug-likeness (QED) is 0.684. The minimum atomic E-state index is -3.65. The Hall–Kier alpha value is -2.45. The van der Waals surface area contributed by atoms with Gasteiger partial charge in [0, 0.05) is 38.3 Å². The van der Waals surface area contributed by atoms with Crippen LogP contribution in [0.15, 0.2) is 35.2 Å². The molecule has 0 radical (unpaired) electrons. The van der Waals surface area contributed by atoms with Gasteiger partial charge >= 0.3 is 0 Å². The second-order valence-corrected chi connectivity index (χ2v) is 9.89. The summed E-state index contributed by atoms with van der Waals surface area (Å²) in [7, 11) is -3.65. The fourth-order valence-corrected chi connectivity index (χ4v) is 5.54. The van der Waals surface area contributed by atoms with Gasteiger partial charge in [-0.1, -0.05) is 29.8 Å². The highest BCUT2D eigenvalue weighted by Gasteiger charge is 2.34. The molecule has 0 saturated carbocycles. The largest absolute Gasteiger partial charge is 0.337 e. The van der Waals surface area contributed by atoms with Crippen molar-refractivity contribution >= 4 is 22.0 Å². The van der Waals surface area contributed by atoms with Gasteiger partial charge in [0.25, 0.3) is 0 Å². The first-order chi connectivity index (χ1) is 14.1. The minimum Gasteiger partial charge on any atom is -0.337 e. The smallest absolute Gasteiger partial charge is 0.246 e. The molecule has 0 atom stereocenters. The van der Waals surface area contributed by atoms with E-state index in [1.54, 1.807) is 35.6 Å². The Morgan fingerprint density at radius 1 is 1.03 bits per heavy atom. The first kappa shape index (κ1) is 22.2. The maximum Gasteiger partial charge on any atom is 0.246 e. The molecule has 0 N–H and O–H groups in total. The Balaban J connectivity index is 1.67. The molecule has 0 spiro atoms. The number of benzene rings is 1. The molecule has 1 aromatic heterocycles. The highest BCUT2D eigenvalue weighted by atomic mass is 32.2. The van der Waals surface area contributed by atoms with Crippen LogP contribution in [-0.2, 0) is 14.8 Å². The van der Waals surface area contributed by atoms with Crippen LogP contribution in [0, 0.1) is 20.8 Å². The van der Waals surface area contributed by atoms with E-state index in [2.05, 4.69) is 5.10 Å². The minimum absolute atomic E-state index is 0.0856. The predicted octanol–water partition coefficient (Wildman–Crippen LogP) is 2.94. The fourth-order valence-electron chi connectivity index (χ4n) is 3.75. The van der Waals surface area contributed by atoms with E-state index in [1.807, 2.05) is 45.0 Å². The van der Waals surface area contributed by atoms with E-state index in [0.717, 1.165) is 5.56 Å². The number of amides is 1. The van der Waals surface area contributed by atoms with Gasteiger partial charge < -0.3 is 4.90 Å². The van der Waals surface area contributed by atoms with E-state index < -0.39 is 10.0 Å². The van der Waals surface area contributed by atoms with Gasteiger partial charge in [0.05, 0.1) is 11.4 Å². The maximum absolute atomic E-state index is 13.2. The highest BCUT2D eigenvalue weighted by molar-refractivity contribution is 7.89. The topological polar surface area (TPSA) is 75.5 Å². The molecule has 0 bridgehead atoms. The summed E-state index contributed by atoms with van der Waals surface area (Å²) < 4.78 is 29.7. The summed E-state index contributed by atoms with van der Waals surface area (Å²) in [5, 5.41) is 4.41. The van der Waals surface area contributed by atoms with Crippen LogP contribution in [0.25, 0.3) is 6.08 Å². The zero-order valence-corrected chi connectivity index (χ0v) is 19.1. The van der Waals surface area contributed by atoms with Gasteiger partial charge in [0.15, 0.2) is 0 Å². The van der Waals surface area contributed by atoms with Gasteiger partial charge in [0.1, 0.15) is 4.90 Å². The molecule has 1 fully saturated rings. The molecule has 8 heteroatoms. The molecule has 0 aliphatic carbocycles. The number of sulfonamides is 1. The van der Waals surface area contributed by atoms with Crippen LogP contribution >= 0.6 is 0 Å². The average molecular weight is 431 g/mol. The Morgan fingerprint density at radius 2 is 1.63 bits per heavy atom. The number of carbonyl (C=O) groups excluding carboxylic acids is 1. The van der Waals surface area contributed by atoms with Crippen molar-refractivity contribution in [3.05, 3.63) is 52.9 Å². The van der Waals surface area contributed by atoms with E-state index in [4.69, 9.17) is 0 Å². The van der Waals surface area contributed by atoms with Gasteiger partial charge in [0.2, 0.25) is 15.9 Å². The first-order valence-electron chi connectivity index (χ1n) is 10.2. The van der Waals surface area contributed by atoms with Gasteiger partial charge in [-0.3, -0.25) is 9.48 Å². The lowest BCUT2D eigenvalue weighted by Crippen LogP contribution is -2.50. The molecule has 1 aliphatic rings. The van der Waals surface area contributed by atoms with Gasteiger partial charge in [-0.2, -0.15) is 9.40 Å². The second kappa shape index (κ2) is 8.73. The van der Waals surface area contributed by atoms with E-state index in [0.29, 0.717) is 24.5 Å². The third-order valence-electron chi connectivity index (χ3n) is 5.39. The number of hydrogen-bond donors (Lipinski definition) is 0. The normalized spacial score (nSPS) is 16.0. The number of aromatic nitrogens is 2. The molecule has 162 valence electrons. The number of nitrogens with zero attached hydrogens (tertiary/aromatic N) is 4. The number of piperazine rings is 1. The monoisotopic (exact) mass is 430 g/mol. The van der Waals surface area contributed by atoms with Gasteiger partial charge in [-0.05, 0) is 46.3 Å². The van der Waals surface area contributed by atoms with Crippen molar-refractivity contribution in [3.63, 3.8) is 0 Å². The lowest BCUT2D eigenvalue weighted by molar-refractivity contribution is -0.127. The van der Waals surface area contributed by atoms with Crippen molar-refractivity contribution < 1.29 is 13.2 Å². The molecular formula is C22H30N4O3S. The highest BCUT2D eigenvalue weighted by Crippen LogP contribution is 2.26. The van der Waals surface area contributed by atoms with Crippen molar-refractivity contribution in [2.45, 2.75) is 45.6 Å². The molecule has 0 unspecified atom stereocenters. The van der Waals surface area contributed by atoms with Crippen molar-refractivity contribution in [1.82, 2.24) is 19.0 Å². The van der Waals surface area contributed by atoms with Crippen molar-refractivity contribution in [3.8, 4) is 0 Å². The number of aryl methyl sites for hydroxylation is 2. The Labute approximate surface area is 179 Å². The predicted molar refractivity (Wildman–Crippen MR) is 118 cm³/mol. The summed E-state index contributed by atoms with van der Waals surface area (Å²) in [6.45, 7) is 10.8. The molecule has 3 rings (SSSR count). The Morgan fingerprint density at radius 3 is 2.17 bits per heavy atom. The lowest BCUT2D eigenvalue weighted by Gasteiger charge is -2.33. The molecule has 1 aromatic carbocycles. The van der Waals surface area contributed by atoms with E-state index in [-0.39, 0.29) is 29.9 Å². The van der Waals surface area contributed by atoms with Crippen molar-refractivity contribution in [1.29, 1.82) is 0 Å². The van der Waals surface area contributed by atoms with Gasteiger partial charge in [-0.15, -0.1) is 0 Å². The Bertz CT molecular complexity index is 1040. The van der Waals surface area contributed by atoms with Crippen LogP contribution in [0.1, 0.15) is 42.4 Å². The third-order valence-corrected chi connectivity index (χ3v) is 7.54. The molecule has 2 aromatic rings. The van der Waals surface area contributed by atoms with E-state index in [1.165, 1.54) is 9.87 Å². The van der Waals surface area contributed by atoms with Crippen LogP contribution in [-0.4, -0.2) is 59.5 Å². The van der Waals surface area contributed by atoms with Crippen LogP contribution < -0.4 is 0 Å². The molecule has 30 heavy (non-hydrogen) atoms. The summed E-state index contributed by atoms with van der Waals surface area (Å²) >= 11 is 0. The second-order valence-electron chi connectivity index (χ2n) is 8.01. The molecule has 1 aliphatic heterocycles. The number of carbonyl (C=O) groups is 1. The number of rotatable bonds is 5. The van der Waals surface area contributed by atoms with Crippen LogP contribution in [0.5, 0.6) is 0 Å². The summed E-state index contributed by atoms with van der Waals surface area (Å²) in [6, 6.07) is 8.01. The number of hydrogen-bond acceptors (Lipinski definition) is 4. The van der Waals surface area contributed by atoms with Crippen LogP contribution in [0.3, 0.4) is 0 Å². The molecule has 7 nitrogen and oxygen atoms in total. The standard InChI is InChI=1S/C22H30N4O3S/c1-16(2)26-19(5)22(18(4)23-26)30(28,29)25-14-12-24(13-15-25)21(27)11-10-20-8-6-17(3)7-9-20/h6-11,16H,12-15H2,1-5H3/b11-10+. The first-order valence-corrected chi connectivity index (χ1v) is 11.6. The zero-order chi connectivity index (χ0) is 22.1. The maximum atomic E-state index is 13.2. The third kappa shape index (κ3) is 4.49. The van der Waals surface area contributed by atoms with Crippen molar-refractivity contribution in [2.75, 3.05) is 26.2 Å². The summed E-state index contributed by atoms with van der Waals surface area (Å²) in [5.41, 5.74) is 3.30. The summed E-state index contributed by atoms with van der Waals surface area (Å²) in [6.07, 6.45) is 3.34. The van der Waals surface area contributed by atoms with Crippen LogP contribution in [0.4, 0.5) is 0 Å². The molecule has 2 heterocycles. The van der Waals surface area contributed by atoms with Crippen LogP contribution in [0.2, 0.25) is 0 Å². The zero-order valence-electron chi connectivity index (χ0n) is 18.3. The average Bonchev–Trinajstić information content (AvgIpc) is 3.02. The fraction of sp³-hybridized carbons (Fsp3) is 0.455. The van der Waals surface area contributed by atoms with E-state index >= 15 is 0 Å². The van der Waals surface area contributed by atoms with Gasteiger partial charge in [-0.25, -0.2) is 8.42 Å². The molecular weight excluding hydrogens is 400 g/mol. The summed E-state index contributed by atoms with van der Waals surface area (Å²) in [4.78, 5) is 14.5. The Kier molecular flexibility index (Phi) is 6.47. The van der Waals surface area contributed by atoms with Crippen molar-refractivity contribution in [2.24, 2.45) is 0 Å².